The summed E-state index contributed by atoms with van der Waals surface area (Å²) in [4.78, 5) is 1.48. The maximum Gasteiger partial charge on any atom is 0.423 e. The molecule has 0 heterocycles. The quantitative estimate of drug-likeness (QED) is 0.490. The van der Waals surface area contributed by atoms with Gasteiger partial charge in [-0.25, -0.2) is 4.39 Å². The molecule has 1 nitrogen and oxygen atoms in total. The zero-order valence-corrected chi connectivity index (χ0v) is 14.2. The Morgan fingerprint density at radius 3 is 2.27 bits per heavy atom. The Kier molecular flexibility index (Phi) is 6.65. The summed E-state index contributed by atoms with van der Waals surface area (Å²) in [6.45, 7) is 6.20. The molecule has 22 heavy (non-hydrogen) atoms. The normalized spacial score (nSPS) is 15.9. The van der Waals surface area contributed by atoms with E-state index in [2.05, 4.69) is 13.1 Å². The second kappa shape index (κ2) is 7.81. The van der Waals surface area contributed by atoms with Gasteiger partial charge < -0.3 is 4.90 Å². The van der Waals surface area contributed by atoms with Crippen molar-refractivity contribution in [3.8, 4) is 0 Å². The van der Waals surface area contributed by atoms with Crippen molar-refractivity contribution in [2.45, 2.75) is 37.8 Å². The van der Waals surface area contributed by atoms with Gasteiger partial charge in [0.2, 0.25) is 5.67 Å². The van der Waals surface area contributed by atoms with Crippen LogP contribution in [0.25, 0.3) is 0 Å². The van der Waals surface area contributed by atoms with E-state index < -0.39 is 27.2 Å². The smallest absolute Gasteiger partial charge is 0.368 e. The van der Waals surface area contributed by atoms with Crippen LogP contribution < -0.4 is 4.90 Å². The van der Waals surface area contributed by atoms with E-state index in [0.717, 1.165) is 12.5 Å². The van der Waals surface area contributed by atoms with Crippen LogP contribution in [0.2, 0.25) is 12.6 Å². The van der Waals surface area contributed by atoms with Gasteiger partial charge in [-0.15, -0.1) is 12.3 Å². The molecule has 0 aliphatic heterocycles. The number of nitrogens with zero attached hydrogens (tertiary/aromatic N) is 1. The van der Waals surface area contributed by atoms with Crippen LogP contribution in [0, 0.1) is 0 Å². The van der Waals surface area contributed by atoms with Gasteiger partial charge in [0.25, 0.3) is 0 Å². The molecule has 0 N–H and O–H groups in total. The summed E-state index contributed by atoms with van der Waals surface area (Å²) in [7, 11) is -0.999. The number of anilines is 1. The summed E-state index contributed by atoms with van der Waals surface area (Å²) in [5.41, 5.74) is -0.671. The Morgan fingerprint density at radius 2 is 1.77 bits per heavy atom. The van der Waals surface area contributed by atoms with Gasteiger partial charge in [0.05, 0.1) is 15.3 Å². The van der Waals surface area contributed by atoms with E-state index in [1.165, 1.54) is 4.90 Å². The summed E-state index contributed by atoms with van der Waals surface area (Å²) in [5.74, 6) is 0. The molecule has 0 saturated carbocycles. The molecule has 2 unspecified atom stereocenters. The van der Waals surface area contributed by atoms with Crippen molar-refractivity contribution in [1.29, 1.82) is 0 Å². The number of hydrogen-bond donors (Lipinski definition) is 0. The molecule has 0 aliphatic carbocycles. The molecule has 1 aromatic carbocycles. The van der Waals surface area contributed by atoms with Crippen molar-refractivity contribution in [2.24, 2.45) is 0 Å². The Morgan fingerprint density at radius 1 is 1.18 bits per heavy atom. The van der Waals surface area contributed by atoms with Crippen LogP contribution in [0.3, 0.4) is 0 Å². The molecule has 0 saturated heterocycles. The van der Waals surface area contributed by atoms with Gasteiger partial charge in [-0.1, -0.05) is 30.8 Å². The molecule has 0 aliphatic rings. The third-order valence-electron chi connectivity index (χ3n) is 3.69. The molecule has 0 bridgehead atoms. The highest BCUT2D eigenvalue weighted by molar-refractivity contribution is 6.62. The lowest BCUT2D eigenvalue weighted by atomic mass is 10.1. The fourth-order valence-electron chi connectivity index (χ4n) is 2.11. The summed E-state index contributed by atoms with van der Waals surface area (Å²) in [5, 5.41) is 0. The predicted octanol–water partition coefficient (Wildman–Crippen LogP) is 4.76. The maximum atomic E-state index is 14.0. The van der Waals surface area contributed by atoms with E-state index in [-0.39, 0.29) is 0 Å². The monoisotopic (exact) mass is 333 g/mol. The lowest BCUT2D eigenvalue weighted by molar-refractivity contribution is -0.219. The Labute approximate surface area is 131 Å². The predicted molar refractivity (Wildman–Crippen MR) is 86.9 cm³/mol. The van der Waals surface area contributed by atoms with Crippen LogP contribution in [0.5, 0.6) is 0 Å². The SMILES string of the molecule is C=C[SiH](C)CCCN(CC(C)(F)C(F)(F)F)c1ccccc1. The lowest BCUT2D eigenvalue weighted by Crippen LogP contribution is -2.48. The fraction of sp³-hybridized carbons (Fsp3) is 0.500. The highest BCUT2D eigenvalue weighted by Gasteiger charge is 2.52. The highest BCUT2D eigenvalue weighted by Crippen LogP contribution is 2.35. The third kappa shape index (κ3) is 5.48. The minimum Gasteiger partial charge on any atom is -0.368 e. The average Bonchev–Trinajstić information content (AvgIpc) is 2.45. The van der Waals surface area contributed by atoms with Gasteiger partial charge in [-0.2, -0.15) is 13.2 Å². The zero-order chi connectivity index (χ0) is 16.8. The van der Waals surface area contributed by atoms with Crippen LogP contribution in [-0.4, -0.2) is 33.7 Å². The van der Waals surface area contributed by atoms with E-state index in [0.29, 0.717) is 19.2 Å². The average molecular weight is 333 g/mol. The summed E-state index contributed by atoms with van der Waals surface area (Å²) < 4.78 is 52.4. The van der Waals surface area contributed by atoms with Crippen LogP contribution in [-0.2, 0) is 0 Å². The lowest BCUT2D eigenvalue weighted by Gasteiger charge is -2.33. The van der Waals surface area contributed by atoms with Gasteiger partial charge in [-0.05, 0) is 25.5 Å². The van der Waals surface area contributed by atoms with Crippen molar-refractivity contribution in [1.82, 2.24) is 0 Å². The zero-order valence-electron chi connectivity index (χ0n) is 13.0. The van der Waals surface area contributed by atoms with E-state index >= 15 is 0 Å². The van der Waals surface area contributed by atoms with E-state index in [1.54, 1.807) is 30.3 Å². The first-order valence-electron chi connectivity index (χ1n) is 7.35. The third-order valence-corrected chi connectivity index (χ3v) is 5.81. The first kappa shape index (κ1) is 18.7. The van der Waals surface area contributed by atoms with Crippen molar-refractivity contribution in [3.05, 3.63) is 42.6 Å². The van der Waals surface area contributed by atoms with E-state index in [1.807, 2.05) is 5.70 Å². The van der Waals surface area contributed by atoms with E-state index in [9.17, 15) is 17.6 Å². The molecule has 1 aromatic rings. The van der Waals surface area contributed by atoms with Gasteiger partial charge in [0, 0.05) is 12.2 Å². The minimum atomic E-state index is -4.87. The molecule has 0 aromatic heterocycles. The first-order valence-corrected chi connectivity index (χ1v) is 9.99. The van der Waals surface area contributed by atoms with Gasteiger partial charge >= 0.3 is 6.18 Å². The van der Waals surface area contributed by atoms with Crippen molar-refractivity contribution >= 4 is 14.5 Å². The molecule has 0 radical (unpaired) electrons. The largest absolute Gasteiger partial charge is 0.423 e. The molecule has 124 valence electrons. The van der Waals surface area contributed by atoms with Crippen molar-refractivity contribution < 1.29 is 17.6 Å². The minimum absolute atomic E-state index is 0.408. The molecule has 0 spiro atoms. The molecule has 0 fully saturated rings. The molecule has 1 rings (SSSR count). The number of halogens is 4. The molecule has 0 amide bonds. The number of rotatable bonds is 8. The van der Waals surface area contributed by atoms with Crippen LogP contribution in [0.4, 0.5) is 23.2 Å². The van der Waals surface area contributed by atoms with Crippen molar-refractivity contribution in [3.63, 3.8) is 0 Å². The number of benzene rings is 1. The topological polar surface area (TPSA) is 3.24 Å². The number of alkyl halides is 4. The summed E-state index contributed by atoms with van der Waals surface area (Å²) in [6.07, 6.45) is -4.13. The molecule has 6 heteroatoms. The maximum absolute atomic E-state index is 14.0. The van der Waals surface area contributed by atoms with Gasteiger partial charge in [-0.3, -0.25) is 0 Å². The molecular formula is C16H23F4NSi. The number of hydrogen-bond acceptors (Lipinski definition) is 1. The first-order chi connectivity index (χ1) is 10.2. The second-order valence-electron chi connectivity index (χ2n) is 5.81. The second-order valence-corrected chi connectivity index (χ2v) is 8.81. The van der Waals surface area contributed by atoms with Gasteiger partial charge in [0.15, 0.2) is 0 Å². The molecule has 2 atom stereocenters. The van der Waals surface area contributed by atoms with Crippen LogP contribution in [0.1, 0.15) is 13.3 Å². The summed E-state index contributed by atoms with van der Waals surface area (Å²) in [6, 6.07) is 9.63. The van der Waals surface area contributed by atoms with Crippen molar-refractivity contribution in [2.75, 3.05) is 18.0 Å². The number of para-hydroxylation sites is 1. The van der Waals surface area contributed by atoms with E-state index in [4.69, 9.17) is 0 Å². The fourth-order valence-corrected chi connectivity index (χ4v) is 3.17. The van der Waals surface area contributed by atoms with Gasteiger partial charge in [0.1, 0.15) is 0 Å². The summed E-state index contributed by atoms with van der Waals surface area (Å²) >= 11 is 0. The van der Waals surface area contributed by atoms with Crippen LogP contribution >= 0.6 is 0 Å². The Hall–Kier alpha value is -1.30. The van der Waals surface area contributed by atoms with Crippen LogP contribution in [0.15, 0.2) is 42.6 Å². The Bertz CT molecular complexity index is 459. The molecular weight excluding hydrogens is 310 g/mol. The Balaban J connectivity index is 2.82. The standard InChI is InChI=1S/C16H23F4NSi/c1-4-22(3)12-8-11-21(14-9-6-5-7-10-14)13-15(2,17)16(18,19)20/h4-7,9-10,22H,1,8,11-13H2,2-3H3. The highest BCUT2D eigenvalue weighted by atomic mass is 28.3.